The smallest absolute Gasteiger partial charge is 0.222 e. The van der Waals surface area contributed by atoms with Crippen molar-refractivity contribution in [3.8, 4) is 0 Å². The quantitative estimate of drug-likeness (QED) is 0.807. The molecular weight excluding hydrogens is 226 g/mol. The lowest BCUT2D eigenvalue weighted by atomic mass is 10.00. The number of carbonyl (C=O) groups excluding carboxylic acids is 1. The third-order valence-corrected chi connectivity index (χ3v) is 3.42. The summed E-state index contributed by atoms with van der Waals surface area (Å²) in [6, 6.07) is 2.57. The van der Waals surface area contributed by atoms with Crippen LogP contribution in [-0.2, 0) is 11.3 Å². The van der Waals surface area contributed by atoms with Crippen molar-refractivity contribution in [2.75, 3.05) is 0 Å². The van der Waals surface area contributed by atoms with Gasteiger partial charge < -0.3 is 15.6 Å². The fraction of sp³-hybridized carbons (Fsp3) is 0.643. The van der Waals surface area contributed by atoms with Gasteiger partial charge in [0.15, 0.2) is 0 Å². The van der Waals surface area contributed by atoms with E-state index in [4.69, 9.17) is 5.73 Å². The number of carbonyl (C=O) groups is 1. The highest BCUT2D eigenvalue weighted by atomic mass is 16.1. The van der Waals surface area contributed by atoms with Gasteiger partial charge in [-0.05, 0) is 30.4 Å². The van der Waals surface area contributed by atoms with E-state index in [2.05, 4.69) is 25.4 Å². The summed E-state index contributed by atoms with van der Waals surface area (Å²) in [7, 11) is 0. The molecule has 0 aromatic carbocycles. The average molecular weight is 249 g/mol. The molecule has 1 aliphatic rings. The van der Waals surface area contributed by atoms with Crippen molar-refractivity contribution >= 4 is 5.91 Å². The summed E-state index contributed by atoms with van der Waals surface area (Å²) in [5, 5.41) is 2.99. The van der Waals surface area contributed by atoms with Gasteiger partial charge >= 0.3 is 0 Å². The van der Waals surface area contributed by atoms with Gasteiger partial charge in [0, 0.05) is 37.4 Å². The minimum absolute atomic E-state index is 0.0755. The molecule has 0 spiro atoms. The Hall–Kier alpha value is -1.29. The highest BCUT2D eigenvalue weighted by Gasteiger charge is 2.22. The predicted octanol–water partition coefficient (Wildman–Crippen LogP) is 1.81. The molecule has 1 aromatic heterocycles. The van der Waals surface area contributed by atoms with Crippen molar-refractivity contribution in [1.82, 2.24) is 9.88 Å². The highest BCUT2D eigenvalue weighted by molar-refractivity contribution is 5.76. The summed E-state index contributed by atoms with van der Waals surface area (Å²) in [4.78, 5) is 11.6. The number of nitrogens with one attached hydrogen (secondary N) is 1. The summed E-state index contributed by atoms with van der Waals surface area (Å²) in [6.45, 7) is 4.96. The van der Waals surface area contributed by atoms with Crippen LogP contribution in [0.2, 0.25) is 0 Å². The van der Waals surface area contributed by atoms with Crippen LogP contribution >= 0.6 is 0 Å². The first-order chi connectivity index (χ1) is 8.56. The molecular formula is C14H23N3O. The Kier molecular flexibility index (Phi) is 4.07. The molecule has 1 aromatic rings. The van der Waals surface area contributed by atoms with Crippen LogP contribution in [0, 0.1) is 5.92 Å². The van der Waals surface area contributed by atoms with E-state index in [0.717, 1.165) is 24.9 Å². The molecule has 4 heteroatoms. The fourth-order valence-corrected chi connectivity index (χ4v) is 1.94. The third kappa shape index (κ3) is 3.60. The normalized spacial score (nSPS) is 16.9. The number of rotatable bonds is 6. The van der Waals surface area contributed by atoms with Crippen LogP contribution in [0.25, 0.3) is 0 Å². The van der Waals surface area contributed by atoms with E-state index in [-0.39, 0.29) is 11.9 Å². The molecule has 2 rings (SSSR count). The van der Waals surface area contributed by atoms with Crippen LogP contribution in [-0.4, -0.2) is 16.5 Å². The van der Waals surface area contributed by atoms with Crippen LogP contribution < -0.4 is 11.1 Å². The van der Waals surface area contributed by atoms with Gasteiger partial charge in [-0.1, -0.05) is 13.8 Å². The lowest BCUT2D eigenvalue weighted by Gasteiger charge is -2.13. The molecule has 1 saturated carbocycles. The largest absolute Gasteiger partial charge is 0.353 e. The molecule has 1 atom stereocenters. The zero-order valence-electron chi connectivity index (χ0n) is 11.2. The Bertz CT molecular complexity index is 407. The zero-order valence-corrected chi connectivity index (χ0v) is 11.2. The van der Waals surface area contributed by atoms with E-state index < -0.39 is 0 Å². The Balaban J connectivity index is 1.80. The molecule has 3 N–H and O–H groups in total. The number of aryl methyl sites for hydroxylation is 1. The van der Waals surface area contributed by atoms with Gasteiger partial charge in [-0.3, -0.25) is 4.79 Å². The number of nitrogens with zero attached hydrogens (tertiary/aromatic N) is 1. The minimum atomic E-state index is 0.0755. The monoisotopic (exact) mass is 249 g/mol. The molecule has 0 aliphatic heterocycles. The van der Waals surface area contributed by atoms with Gasteiger partial charge in [0.05, 0.1) is 0 Å². The summed E-state index contributed by atoms with van der Waals surface area (Å²) >= 11 is 0. The Morgan fingerprint density at radius 1 is 1.56 bits per heavy atom. The van der Waals surface area contributed by atoms with E-state index in [1.807, 2.05) is 16.8 Å². The van der Waals surface area contributed by atoms with Gasteiger partial charge in [0.25, 0.3) is 0 Å². The number of amides is 1. The number of hydrogen-bond donors (Lipinski definition) is 2. The maximum Gasteiger partial charge on any atom is 0.222 e. The van der Waals surface area contributed by atoms with Gasteiger partial charge in [0.1, 0.15) is 0 Å². The van der Waals surface area contributed by atoms with Crippen molar-refractivity contribution in [2.24, 2.45) is 11.7 Å². The molecule has 4 nitrogen and oxygen atoms in total. The number of nitrogens with two attached hydrogens (primary N) is 1. The zero-order chi connectivity index (χ0) is 13.1. The number of aromatic nitrogens is 1. The van der Waals surface area contributed by atoms with Crippen LogP contribution in [0.5, 0.6) is 0 Å². The Morgan fingerprint density at radius 3 is 2.89 bits per heavy atom. The minimum Gasteiger partial charge on any atom is -0.353 e. The first kappa shape index (κ1) is 13.1. The molecule has 100 valence electrons. The molecule has 1 aliphatic carbocycles. The second kappa shape index (κ2) is 5.57. The predicted molar refractivity (Wildman–Crippen MR) is 72.0 cm³/mol. The van der Waals surface area contributed by atoms with Gasteiger partial charge in [-0.25, -0.2) is 0 Å². The Morgan fingerprint density at radius 2 is 2.28 bits per heavy atom. The standard InChI is InChI=1S/C14H23N3O/c1-10(2)14(15)11-5-7-17(9-11)8-6-13(18)16-12-3-4-12/h5,7,9-10,12,14H,3-4,6,8,15H2,1-2H3,(H,16,18). The first-order valence-corrected chi connectivity index (χ1v) is 6.77. The second-order valence-electron chi connectivity index (χ2n) is 5.54. The Labute approximate surface area is 109 Å². The molecule has 0 saturated heterocycles. The topological polar surface area (TPSA) is 60.0 Å². The van der Waals surface area contributed by atoms with Crippen LogP contribution in [0.4, 0.5) is 0 Å². The van der Waals surface area contributed by atoms with E-state index in [9.17, 15) is 4.79 Å². The van der Waals surface area contributed by atoms with E-state index in [1.54, 1.807) is 0 Å². The maximum absolute atomic E-state index is 11.6. The van der Waals surface area contributed by atoms with Crippen molar-refractivity contribution in [3.63, 3.8) is 0 Å². The van der Waals surface area contributed by atoms with Crippen LogP contribution in [0.15, 0.2) is 18.5 Å². The van der Waals surface area contributed by atoms with E-state index >= 15 is 0 Å². The van der Waals surface area contributed by atoms with Crippen LogP contribution in [0.1, 0.15) is 44.7 Å². The van der Waals surface area contributed by atoms with Gasteiger partial charge in [0.2, 0.25) is 5.91 Å². The third-order valence-electron chi connectivity index (χ3n) is 3.42. The van der Waals surface area contributed by atoms with Gasteiger partial charge in [-0.2, -0.15) is 0 Å². The lowest BCUT2D eigenvalue weighted by molar-refractivity contribution is -0.121. The SMILES string of the molecule is CC(C)C(N)c1ccn(CCC(=O)NC2CC2)c1. The average Bonchev–Trinajstić information content (AvgIpc) is 3.01. The van der Waals surface area contributed by atoms with E-state index in [1.165, 1.54) is 0 Å². The first-order valence-electron chi connectivity index (χ1n) is 6.77. The second-order valence-corrected chi connectivity index (χ2v) is 5.54. The summed E-state index contributed by atoms with van der Waals surface area (Å²) in [6.07, 6.45) is 6.88. The molecule has 0 bridgehead atoms. The number of hydrogen-bond acceptors (Lipinski definition) is 2. The summed E-state index contributed by atoms with van der Waals surface area (Å²) in [5.74, 6) is 0.583. The van der Waals surface area contributed by atoms with Crippen molar-refractivity contribution in [3.05, 3.63) is 24.0 Å². The molecule has 1 heterocycles. The summed E-state index contributed by atoms with van der Waals surface area (Å²) in [5.41, 5.74) is 7.23. The van der Waals surface area contributed by atoms with Crippen molar-refractivity contribution in [2.45, 2.75) is 51.7 Å². The highest BCUT2D eigenvalue weighted by Crippen LogP contribution is 2.20. The van der Waals surface area contributed by atoms with E-state index in [0.29, 0.717) is 18.4 Å². The van der Waals surface area contributed by atoms with Crippen molar-refractivity contribution < 1.29 is 4.79 Å². The molecule has 1 fully saturated rings. The van der Waals surface area contributed by atoms with Crippen molar-refractivity contribution in [1.29, 1.82) is 0 Å². The van der Waals surface area contributed by atoms with Crippen LogP contribution in [0.3, 0.4) is 0 Å². The summed E-state index contributed by atoms with van der Waals surface area (Å²) < 4.78 is 2.05. The lowest BCUT2D eigenvalue weighted by Crippen LogP contribution is -2.26. The maximum atomic E-state index is 11.6. The molecule has 0 radical (unpaired) electrons. The molecule has 18 heavy (non-hydrogen) atoms. The van der Waals surface area contributed by atoms with Gasteiger partial charge in [-0.15, -0.1) is 0 Å². The molecule has 1 unspecified atom stereocenters. The fourth-order valence-electron chi connectivity index (χ4n) is 1.94. The molecule has 1 amide bonds.